The van der Waals surface area contributed by atoms with E-state index in [-0.39, 0.29) is 11.8 Å². The van der Waals surface area contributed by atoms with Gasteiger partial charge in [-0.25, -0.2) is 0 Å². The van der Waals surface area contributed by atoms with E-state index in [1.54, 1.807) is 48.5 Å². The fraction of sp³-hybridized carbons (Fsp3) is 0.0870. The Balaban J connectivity index is 1.62. The fourth-order valence-corrected chi connectivity index (χ4v) is 2.73. The van der Waals surface area contributed by atoms with Gasteiger partial charge in [-0.3, -0.25) is 9.59 Å². The van der Waals surface area contributed by atoms with E-state index in [0.29, 0.717) is 28.9 Å². The van der Waals surface area contributed by atoms with Gasteiger partial charge in [-0.2, -0.15) is 5.26 Å². The number of benzene rings is 3. The third-order valence-electron chi connectivity index (χ3n) is 4.36. The predicted octanol–water partition coefficient (Wildman–Crippen LogP) is 4.05. The van der Waals surface area contributed by atoms with Crippen molar-refractivity contribution in [2.45, 2.75) is 13.5 Å². The minimum Gasteiger partial charge on any atom is -0.348 e. The molecule has 3 aromatic carbocycles. The summed E-state index contributed by atoms with van der Waals surface area (Å²) < 4.78 is 0. The fourth-order valence-electron chi connectivity index (χ4n) is 2.73. The van der Waals surface area contributed by atoms with Gasteiger partial charge in [0, 0.05) is 23.4 Å². The van der Waals surface area contributed by atoms with Crippen LogP contribution in [-0.4, -0.2) is 11.8 Å². The van der Waals surface area contributed by atoms with E-state index in [1.807, 2.05) is 37.3 Å². The van der Waals surface area contributed by atoms with Gasteiger partial charge in [0.15, 0.2) is 0 Å². The van der Waals surface area contributed by atoms with Crippen LogP contribution in [0, 0.1) is 18.3 Å². The highest BCUT2D eigenvalue weighted by Crippen LogP contribution is 2.13. The first-order valence-electron chi connectivity index (χ1n) is 8.81. The number of aryl methyl sites for hydroxylation is 1. The lowest BCUT2D eigenvalue weighted by molar-refractivity contribution is 0.0949. The number of nitrogens with zero attached hydrogens (tertiary/aromatic N) is 1. The molecule has 5 heteroatoms. The lowest BCUT2D eigenvalue weighted by Crippen LogP contribution is -2.23. The molecule has 0 atom stereocenters. The molecule has 0 saturated carbocycles. The van der Waals surface area contributed by atoms with Crippen LogP contribution in [0.2, 0.25) is 0 Å². The van der Waals surface area contributed by atoms with Crippen molar-refractivity contribution in [2.24, 2.45) is 0 Å². The highest BCUT2D eigenvalue weighted by Gasteiger charge is 2.10. The Hall–Kier alpha value is -3.91. The second-order valence-electron chi connectivity index (χ2n) is 6.33. The largest absolute Gasteiger partial charge is 0.348 e. The van der Waals surface area contributed by atoms with E-state index in [0.717, 1.165) is 11.1 Å². The molecule has 0 radical (unpaired) electrons. The first-order valence-corrected chi connectivity index (χ1v) is 8.81. The molecule has 0 unspecified atom stereocenters. The Labute approximate surface area is 163 Å². The quantitative estimate of drug-likeness (QED) is 0.712. The van der Waals surface area contributed by atoms with E-state index in [1.165, 1.54) is 0 Å². The average Bonchev–Trinajstić information content (AvgIpc) is 2.73. The number of nitrogens with one attached hydrogen (secondary N) is 2. The maximum Gasteiger partial charge on any atom is 0.255 e. The van der Waals surface area contributed by atoms with Crippen LogP contribution in [0.25, 0.3) is 0 Å². The summed E-state index contributed by atoms with van der Waals surface area (Å²) in [6, 6.07) is 23.0. The van der Waals surface area contributed by atoms with Gasteiger partial charge in [-0.15, -0.1) is 0 Å². The third-order valence-corrected chi connectivity index (χ3v) is 4.36. The van der Waals surface area contributed by atoms with Gasteiger partial charge in [-0.1, -0.05) is 30.3 Å². The molecule has 0 saturated heterocycles. The summed E-state index contributed by atoms with van der Waals surface area (Å²) in [4.78, 5) is 24.7. The normalized spacial score (nSPS) is 10.0. The lowest BCUT2D eigenvalue weighted by Gasteiger charge is -2.09. The number of hydrogen-bond donors (Lipinski definition) is 2. The summed E-state index contributed by atoms with van der Waals surface area (Å²) in [5, 5.41) is 14.6. The standard InChI is InChI=1S/C23H19N3O2/c1-16-5-2-3-7-20(16)15-25-22(27)18-9-11-19(12-10-18)23(28)26-21-8-4-6-17(13-21)14-24/h2-13H,15H2,1H3,(H,25,27)(H,26,28). The Bertz CT molecular complexity index is 1050. The second kappa shape index (κ2) is 8.65. The molecule has 0 aliphatic carbocycles. The Morgan fingerprint density at radius 2 is 1.57 bits per heavy atom. The number of carbonyl (C=O) groups is 2. The van der Waals surface area contributed by atoms with Gasteiger partial charge in [0.2, 0.25) is 0 Å². The van der Waals surface area contributed by atoms with Crippen LogP contribution in [-0.2, 0) is 6.54 Å². The summed E-state index contributed by atoms with van der Waals surface area (Å²) in [5.41, 5.74) is 4.11. The smallest absolute Gasteiger partial charge is 0.255 e. The van der Waals surface area contributed by atoms with E-state index < -0.39 is 0 Å². The topological polar surface area (TPSA) is 82.0 Å². The molecule has 5 nitrogen and oxygen atoms in total. The minimum atomic E-state index is -0.304. The third kappa shape index (κ3) is 4.63. The number of rotatable bonds is 5. The Morgan fingerprint density at radius 1 is 0.893 bits per heavy atom. The molecule has 0 bridgehead atoms. The second-order valence-corrected chi connectivity index (χ2v) is 6.33. The van der Waals surface area contributed by atoms with Crippen LogP contribution in [0.1, 0.15) is 37.4 Å². The van der Waals surface area contributed by atoms with Crippen molar-refractivity contribution >= 4 is 17.5 Å². The zero-order valence-corrected chi connectivity index (χ0v) is 15.4. The summed E-state index contributed by atoms with van der Waals surface area (Å²) in [6.07, 6.45) is 0. The van der Waals surface area contributed by atoms with Crippen molar-refractivity contribution in [3.05, 3.63) is 101 Å². The molecule has 0 aromatic heterocycles. The summed E-state index contributed by atoms with van der Waals surface area (Å²) >= 11 is 0. The number of nitriles is 1. The average molecular weight is 369 g/mol. The summed E-state index contributed by atoms with van der Waals surface area (Å²) in [7, 11) is 0. The summed E-state index contributed by atoms with van der Waals surface area (Å²) in [6.45, 7) is 2.45. The highest BCUT2D eigenvalue weighted by atomic mass is 16.2. The molecule has 0 spiro atoms. The molecule has 0 fully saturated rings. The molecule has 0 heterocycles. The molecular formula is C23H19N3O2. The molecular weight excluding hydrogens is 350 g/mol. The zero-order valence-electron chi connectivity index (χ0n) is 15.4. The van der Waals surface area contributed by atoms with Crippen molar-refractivity contribution in [1.82, 2.24) is 5.32 Å². The van der Waals surface area contributed by atoms with Crippen LogP contribution in [0.3, 0.4) is 0 Å². The van der Waals surface area contributed by atoms with Gasteiger partial charge in [0.1, 0.15) is 0 Å². The highest BCUT2D eigenvalue weighted by molar-refractivity contribution is 6.05. The van der Waals surface area contributed by atoms with Crippen LogP contribution >= 0.6 is 0 Å². The zero-order chi connectivity index (χ0) is 19.9. The van der Waals surface area contributed by atoms with Gasteiger partial charge in [0.05, 0.1) is 11.6 Å². The molecule has 138 valence electrons. The Morgan fingerprint density at radius 3 is 2.25 bits per heavy atom. The first-order chi connectivity index (χ1) is 13.6. The molecule has 28 heavy (non-hydrogen) atoms. The molecule has 2 amide bonds. The number of anilines is 1. The van der Waals surface area contributed by atoms with E-state index in [4.69, 9.17) is 5.26 Å². The van der Waals surface area contributed by atoms with E-state index >= 15 is 0 Å². The van der Waals surface area contributed by atoms with Crippen molar-refractivity contribution in [3.8, 4) is 6.07 Å². The predicted molar refractivity (Wildman–Crippen MR) is 108 cm³/mol. The lowest BCUT2D eigenvalue weighted by atomic mass is 10.1. The Kier molecular flexibility index (Phi) is 5.83. The van der Waals surface area contributed by atoms with Crippen LogP contribution in [0.5, 0.6) is 0 Å². The van der Waals surface area contributed by atoms with E-state index in [9.17, 15) is 9.59 Å². The maximum atomic E-state index is 12.3. The van der Waals surface area contributed by atoms with Gasteiger partial charge >= 0.3 is 0 Å². The molecule has 3 rings (SSSR count). The van der Waals surface area contributed by atoms with Crippen LogP contribution in [0.4, 0.5) is 5.69 Å². The molecule has 0 aliphatic rings. The summed E-state index contributed by atoms with van der Waals surface area (Å²) in [5.74, 6) is -0.501. The molecule has 0 aliphatic heterocycles. The number of amides is 2. The number of carbonyl (C=O) groups excluding carboxylic acids is 2. The van der Waals surface area contributed by atoms with Crippen molar-refractivity contribution in [2.75, 3.05) is 5.32 Å². The van der Waals surface area contributed by atoms with Gasteiger partial charge < -0.3 is 10.6 Å². The van der Waals surface area contributed by atoms with Crippen molar-refractivity contribution in [3.63, 3.8) is 0 Å². The van der Waals surface area contributed by atoms with Gasteiger partial charge in [0.25, 0.3) is 11.8 Å². The SMILES string of the molecule is Cc1ccccc1CNC(=O)c1ccc(C(=O)Nc2cccc(C#N)c2)cc1. The van der Waals surface area contributed by atoms with Gasteiger partial charge in [-0.05, 0) is 60.5 Å². The molecule has 2 N–H and O–H groups in total. The van der Waals surface area contributed by atoms with Crippen molar-refractivity contribution in [1.29, 1.82) is 5.26 Å². The van der Waals surface area contributed by atoms with E-state index in [2.05, 4.69) is 10.6 Å². The monoisotopic (exact) mass is 369 g/mol. The maximum absolute atomic E-state index is 12.3. The van der Waals surface area contributed by atoms with Crippen LogP contribution in [0.15, 0.2) is 72.8 Å². The van der Waals surface area contributed by atoms with Crippen LogP contribution < -0.4 is 10.6 Å². The molecule has 3 aromatic rings. The number of hydrogen-bond acceptors (Lipinski definition) is 3. The minimum absolute atomic E-state index is 0.197. The first kappa shape index (κ1) is 18.9. The van der Waals surface area contributed by atoms with Crippen molar-refractivity contribution < 1.29 is 9.59 Å².